The Morgan fingerprint density at radius 3 is 2.41 bits per heavy atom. The lowest BCUT2D eigenvalue weighted by Gasteiger charge is -2.22. The van der Waals surface area contributed by atoms with Crippen molar-refractivity contribution in [3.8, 4) is 5.75 Å². The Morgan fingerprint density at radius 2 is 1.78 bits per heavy atom. The van der Waals surface area contributed by atoms with Gasteiger partial charge in [-0.2, -0.15) is 8.78 Å². The summed E-state index contributed by atoms with van der Waals surface area (Å²) in [5.41, 5.74) is 0.181. The number of nitrogens with zero attached hydrogens (tertiary/aromatic N) is 1. The summed E-state index contributed by atoms with van der Waals surface area (Å²) < 4.78 is 28.8. The highest BCUT2D eigenvalue weighted by atomic mass is 19.3. The van der Waals surface area contributed by atoms with Crippen LogP contribution >= 0.6 is 0 Å². The van der Waals surface area contributed by atoms with Crippen molar-refractivity contribution in [1.29, 1.82) is 0 Å². The van der Waals surface area contributed by atoms with E-state index >= 15 is 0 Å². The van der Waals surface area contributed by atoms with Gasteiger partial charge < -0.3 is 10.1 Å². The Bertz CT molecular complexity index is 853. The van der Waals surface area contributed by atoms with Crippen molar-refractivity contribution in [3.05, 3.63) is 71.8 Å². The number of alkyl halides is 2. The van der Waals surface area contributed by atoms with Gasteiger partial charge in [0.05, 0.1) is 0 Å². The minimum atomic E-state index is -2.92. The first-order valence-electron chi connectivity index (χ1n) is 8.31. The molecule has 3 rings (SSSR count). The standard InChI is InChI=1S/C20H18F2N2O3/c1-20(15-9-11-16(12-10-15)27-18(21)22)17(25)24(19(26)23-20)13-5-8-14-6-3-2-4-7-14/h2-12,18H,13H2,1H3,(H,23,26). The molecular formula is C20H18F2N2O3. The number of carbonyl (C=O) groups excluding carboxylic acids is 2. The van der Waals surface area contributed by atoms with Crippen molar-refractivity contribution < 1.29 is 23.1 Å². The average molecular weight is 372 g/mol. The Balaban J connectivity index is 1.73. The van der Waals surface area contributed by atoms with Crippen LogP contribution in [0.1, 0.15) is 18.1 Å². The fourth-order valence-electron chi connectivity index (χ4n) is 2.89. The monoisotopic (exact) mass is 372 g/mol. The van der Waals surface area contributed by atoms with Gasteiger partial charge in [-0.05, 0) is 30.2 Å². The summed E-state index contributed by atoms with van der Waals surface area (Å²) in [6.07, 6.45) is 3.56. The Hall–Kier alpha value is -3.22. The first-order chi connectivity index (χ1) is 12.9. The quantitative estimate of drug-likeness (QED) is 0.786. The number of halogens is 2. The number of imide groups is 1. The fraction of sp³-hybridized carbons (Fsp3) is 0.200. The smallest absolute Gasteiger partial charge is 0.387 e. The molecule has 1 aliphatic rings. The molecule has 0 spiro atoms. The summed E-state index contributed by atoms with van der Waals surface area (Å²) in [6, 6.07) is 14.7. The summed E-state index contributed by atoms with van der Waals surface area (Å²) in [7, 11) is 0. The van der Waals surface area contributed by atoms with Crippen LogP contribution in [0.2, 0.25) is 0 Å². The maximum atomic E-state index is 12.8. The van der Waals surface area contributed by atoms with Gasteiger partial charge in [0.2, 0.25) is 0 Å². The molecule has 27 heavy (non-hydrogen) atoms. The molecule has 0 radical (unpaired) electrons. The largest absolute Gasteiger partial charge is 0.435 e. The molecule has 2 aromatic carbocycles. The van der Waals surface area contributed by atoms with Gasteiger partial charge in [-0.3, -0.25) is 9.69 Å². The number of hydrogen-bond donors (Lipinski definition) is 1. The molecule has 0 saturated carbocycles. The molecule has 1 fully saturated rings. The lowest BCUT2D eigenvalue weighted by molar-refractivity contribution is -0.130. The van der Waals surface area contributed by atoms with E-state index in [1.807, 2.05) is 36.4 Å². The van der Waals surface area contributed by atoms with Crippen molar-refractivity contribution >= 4 is 18.0 Å². The van der Waals surface area contributed by atoms with Crippen LogP contribution in [0.4, 0.5) is 13.6 Å². The minimum Gasteiger partial charge on any atom is -0.435 e. The normalized spacial score (nSPS) is 19.8. The van der Waals surface area contributed by atoms with E-state index in [-0.39, 0.29) is 12.3 Å². The molecule has 0 aromatic heterocycles. The Kier molecular flexibility index (Phi) is 5.21. The first kappa shape index (κ1) is 18.6. The molecule has 1 atom stereocenters. The molecule has 2 aromatic rings. The Labute approximate surface area is 155 Å². The van der Waals surface area contributed by atoms with Crippen LogP contribution in [0.3, 0.4) is 0 Å². The summed E-state index contributed by atoms with van der Waals surface area (Å²) in [4.78, 5) is 26.2. The van der Waals surface area contributed by atoms with Crippen molar-refractivity contribution in [2.75, 3.05) is 6.54 Å². The highest BCUT2D eigenvalue weighted by Crippen LogP contribution is 2.30. The van der Waals surface area contributed by atoms with E-state index in [9.17, 15) is 18.4 Å². The number of amides is 3. The summed E-state index contributed by atoms with van der Waals surface area (Å²) >= 11 is 0. The van der Waals surface area contributed by atoms with Crippen LogP contribution in [0, 0.1) is 0 Å². The molecule has 1 unspecified atom stereocenters. The number of urea groups is 1. The van der Waals surface area contributed by atoms with Gasteiger partial charge in [-0.1, -0.05) is 54.6 Å². The van der Waals surface area contributed by atoms with Gasteiger partial charge in [-0.25, -0.2) is 4.79 Å². The van der Waals surface area contributed by atoms with E-state index in [4.69, 9.17) is 0 Å². The van der Waals surface area contributed by atoms with Crippen LogP contribution in [-0.2, 0) is 10.3 Å². The average Bonchev–Trinajstić information content (AvgIpc) is 2.86. The summed E-state index contributed by atoms with van der Waals surface area (Å²) in [5, 5.41) is 2.67. The number of rotatable bonds is 6. The van der Waals surface area contributed by atoms with Crippen molar-refractivity contribution in [2.24, 2.45) is 0 Å². The Morgan fingerprint density at radius 1 is 1.11 bits per heavy atom. The molecule has 7 heteroatoms. The topological polar surface area (TPSA) is 58.6 Å². The van der Waals surface area contributed by atoms with Gasteiger partial charge in [0, 0.05) is 6.54 Å². The minimum absolute atomic E-state index is 0.0169. The number of carbonyl (C=O) groups is 2. The van der Waals surface area contributed by atoms with Gasteiger partial charge in [0.1, 0.15) is 11.3 Å². The predicted octanol–water partition coefficient (Wildman–Crippen LogP) is 3.77. The van der Waals surface area contributed by atoms with Gasteiger partial charge in [0.15, 0.2) is 0 Å². The van der Waals surface area contributed by atoms with Gasteiger partial charge in [-0.15, -0.1) is 0 Å². The third-order valence-corrected chi connectivity index (χ3v) is 4.33. The molecule has 1 N–H and O–H groups in total. The molecule has 0 bridgehead atoms. The molecule has 1 heterocycles. The van der Waals surface area contributed by atoms with Gasteiger partial charge >= 0.3 is 12.6 Å². The molecule has 0 aliphatic carbocycles. The molecule has 5 nitrogen and oxygen atoms in total. The van der Waals surface area contributed by atoms with Crippen molar-refractivity contribution in [1.82, 2.24) is 10.2 Å². The van der Waals surface area contributed by atoms with E-state index in [0.29, 0.717) is 5.56 Å². The molecule has 140 valence electrons. The van der Waals surface area contributed by atoms with Crippen LogP contribution in [-0.4, -0.2) is 30.0 Å². The predicted molar refractivity (Wildman–Crippen MR) is 96.1 cm³/mol. The van der Waals surface area contributed by atoms with Crippen molar-refractivity contribution in [2.45, 2.75) is 19.1 Å². The lowest BCUT2D eigenvalue weighted by atomic mass is 9.92. The first-order valence-corrected chi connectivity index (χ1v) is 8.31. The number of nitrogens with one attached hydrogen (secondary N) is 1. The highest BCUT2D eigenvalue weighted by Gasteiger charge is 2.48. The van der Waals surface area contributed by atoms with E-state index in [2.05, 4.69) is 10.1 Å². The maximum Gasteiger partial charge on any atom is 0.387 e. The maximum absolute atomic E-state index is 12.8. The van der Waals surface area contributed by atoms with E-state index in [0.717, 1.165) is 10.5 Å². The molecular weight excluding hydrogens is 354 g/mol. The van der Waals surface area contributed by atoms with Crippen LogP contribution < -0.4 is 10.1 Å². The SMILES string of the molecule is CC1(c2ccc(OC(F)F)cc2)NC(=O)N(CC=Cc2ccccc2)C1=O. The molecule has 1 saturated heterocycles. The van der Waals surface area contributed by atoms with E-state index < -0.39 is 24.1 Å². The van der Waals surface area contributed by atoms with Crippen LogP contribution in [0.5, 0.6) is 5.75 Å². The molecule has 1 aliphatic heterocycles. The molecule has 3 amide bonds. The van der Waals surface area contributed by atoms with E-state index in [1.165, 1.54) is 24.3 Å². The number of hydrogen-bond acceptors (Lipinski definition) is 3. The zero-order chi connectivity index (χ0) is 19.4. The highest BCUT2D eigenvalue weighted by molar-refractivity contribution is 6.07. The zero-order valence-corrected chi connectivity index (χ0v) is 14.6. The zero-order valence-electron chi connectivity index (χ0n) is 14.6. The van der Waals surface area contributed by atoms with Crippen molar-refractivity contribution in [3.63, 3.8) is 0 Å². The second-order valence-corrected chi connectivity index (χ2v) is 6.19. The van der Waals surface area contributed by atoms with E-state index in [1.54, 1.807) is 13.0 Å². The van der Waals surface area contributed by atoms with Gasteiger partial charge in [0.25, 0.3) is 5.91 Å². The second-order valence-electron chi connectivity index (χ2n) is 6.19. The second kappa shape index (κ2) is 7.57. The third kappa shape index (κ3) is 3.97. The fourth-order valence-corrected chi connectivity index (χ4v) is 2.89. The van der Waals surface area contributed by atoms with Crippen LogP contribution in [0.25, 0.3) is 6.08 Å². The summed E-state index contributed by atoms with van der Waals surface area (Å²) in [5.74, 6) is -0.426. The number of benzene rings is 2. The third-order valence-electron chi connectivity index (χ3n) is 4.33. The van der Waals surface area contributed by atoms with Crippen LogP contribution in [0.15, 0.2) is 60.7 Å². The lowest BCUT2D eigenvalue weighted by Crippen LogP contribution is -2.40. The number of ether oxygens (including phenoxy) is 1. The summed E-state index contributed by atoms with van der Waals surface area (Å²) in [6.45, 7) is -1.22.